The molecule has 0 radical (unpaired) electrons. The Bertz CT molecular complexity index is 1480. The Labute approximate surface area is 241 Å². The van der Waals surface area contributed by atoms with Crippen molar-refractivity contribution in [3.8, 4) is 5.75 Å². The van der Waals surface area contributed by atoms with Gasteiger partial charge in [0.15, 0.2) is 0 Å². The highest BCUT2D eigenvalue weighted by atomic mass is 32.2. The fraction of sp³-hybridized carbons (Fsp3) is 0.462. The van der Waals surface area contributed by atoms with Crippen LogP contribution in [-0.4, -0.2) is 51.5 Å². The molecule has 2 aromatic rings. The molecule has 1 aliphatic rings. The zero-order valence-electron chi connectivity index (χ0n) is 23.1. The molecule has 2 aromatic carbocycles. The molecular weight excluding hydrogens is 617 g/mol. The second kappa shape index (κ2) is 12.1. The minimum atomic E-state index is -5.22. The van der Waals surface area contributed by atoms with Crippen LogP contribution in [0.1, 0.15) is 39.7 Å². The topological polar surface area (TPSA) is 111 Å². The van der Waals surface area contributed by atoms with Gasteiger partial charge in [-0.3, -0.25) is 14.4 Å². The first-order valence-electron chi connectivity index (χ1n) is 12.6. The highest BCUT2D eigenvalue weighted by molar-refractivity contribution is 7.92. The molecule has 1 amide bonds. The van der Waals surface area contributed by atoms with Crippen LogP contribution in [0.3, 0.4) is 0 Å². The number of carbonyl (C=O) groups excluding carboxylic acids is 2. The standard InChI is InChI=1S/C26H27F7N2O7S/c1-5-40-22(36)14(2)10-16-13-35(43(38,39)17-7-8-19(27)18(12-17)25(28,29)30)20-11-15(6-9-21(20)41-16)34-23(37)42-24(3,4)26(31,32)33/h6-9,11-12,14,16H,5,10,13H2,1-4H3,(H,34,37)/t14-,16-/m0/s1. The van der Waals surface area contributed by atoms with Gasteiger partial charge in [-0.2, -0.15) is 26.3 Å². The fourth-order valence-electron chi connectivity index (χ4n) is 3.96. The molecule has 0 unspecified atom stereocenters. The summed E-state index contributed by atoms with van der Waals surface area (Å²) in [7, 11) is -4.89. The van der Waals surface area contributed by atoms with E-state index >= 15 is 0 Å². The summed E-state index contributed by atoms with van der Waals surface area (Å²) in [4.78, 5) is 23.4. The third-order valence-corrected chi connectivity index (χ3v) is 8.08. The van der Waals surface area contributed by atoms with E-state index in [1.165, 1.54) is 6.92 Å². The van der Waals surface area contributed by atoms with Gasteiger partial charge in [-0.15, -0.1) is 0 Å². The highest BCUT2D eigenvalue weighted by Crippen LogP contribution is 2.41. The number of anilines is 2. The number of ether oxygens (including phenoxy) is 3. The van der Waals surface area contributed by atoms with Crippen LogP contribution in [0.25, 0.3) is 0 Å². The minimum absolute atomic E-state index is 0.0719. The molecule has 1 N–H and O–H groups in total. The lowest BCUT2D eigenvalue weighted by Crippen LogP contribution is -2.45. The Morgan fingerprint density at radius 1 is 1.09 bits per heavy atom. The Morgan fingerprint density at radius 2 is 1.74 bits per heavy atom. The number of hydrogen-bond acceptors (Lipinski definition) is 7. The van der Waals surface area contributed by atoms with Crippen molar-refractivity contribution >= 4 is 33.5 Å². The quantitative estimate of drug-likeness (QED) is 0.266. The van der Waals surface area contributed by atoms with E-state index in [-0.39, 0.29) is 36.2 Å². The van der Waals surface area contributed by atoms with Gasteiger partial charge in [0.05, 0.1) is 35.2 Å². The Hall–Kier alpha value is -3.76. The number of hydrogen-bond donors (Lipinski definition) is 1. The average molecular weight is 645 g/mol. The molecule has 0 fully saturated rings. The predicted molar refractivity (Wildman–Crippen MR) is 137 cm³/mol. The molecule has 3 rings (SSSR count). The van der Waals surface area contributed by atoms with Crippen molar-refractivity contribution in [1.82, 2.24) is 0 Å². The molecule has 0 bridgehead atoms. The summed E-state index contributed by atoms with van der Waals surface area (Å²) in [5.74, 6) is -3.25. The third kappa shape index (κ3) is 7.61. The molecule has 2 atom stereocenters. The van der Waals surface area contributed by atoms with Gasteiger partial charge in [0, 0.05) is 5.69 Å². The molecule has 17 heteroatoms. The van der Waals surface area contributed by atoms with E-state index in [1.807, 2.05) is 5.32 Å². The smallest absolute Gasteiger partial charge is 0.427 e. The van der Waals surface area contributed by atoms with Crippen molar-refractivity contribution in [2.45, 2.75) is 63.1 Å². The summed E-state index contributed by atoms with van der Waals surface area (Å²) < 4.78 is 137. The zero-order chi connectivity index (χ0) is 32.5. The van der Waals surface area contributed by atoms with Crippen molar-refractivity contribution < 1.29 is 63.0 Å². The van der Waals surface area contributed by atoms with Gasteiger partial charge in [-0.05, 0) is 63.6 Å². The summed E-state index contributed by atoms with van der Waals surface area (Å²) in [6, 6.07) is 4.40. The zero-order valence-corrected chi connectivity index (χ0v) is 23.9. The number of nitrogens with zero attached hydrogens (tertiary/aromatic N) is 1. The third-order valence-electron chi connectivity index (χ3n) is 6.30. The van der Waals surface area contributed by atoms with Crippen molar-refractivity contribution in [2.24, 2.45) is 5.92 Å². The van der Waals surface area contributed by atoms with Crippen molar-refractivity contribution in [1.29, 1.82) is 0 Å². The van der Waals surface area contributed by atoms with E-state index in [9.17, 15) is 48.7 Å². The number of sulfonamides is 1. The van der Waals surface area contributed by atoms with E-state index in [1.54, 1.807) is 6.92 Å². The Kier molecular flexibility index (Phi) is 9.48. The van der Waals surface area contributed by atoms with Crippen LogP contribution in [0, 0.1) is 11.7 Å². The summed E-state index contributed by atoms with van der Waals surface area (Å²) in [6.07, 6.45) is -12.8. The van der Waals surface area contributed by atoms with Crippen molar-refractivity contribution in [3.05, 3.63) is 47.8 Å². The SMILES string of the molecule is CCOC(=O)[C@@H](C)C[C@H]1CN(S(=O)(=O)c2ccc(F)c(C(F)(F)F)c2)c2cc(NC(=O)OC(C)(C)C(F)(F)F)ccc2O1. The number of benzene rings is 2. The maximum absolute atomic E-state index is 13.9. The largest absolute Gasteiger partial charge is 0.486 e. The number of alkyl halides is 6. The number of nitrogens with one attached hydrogen (secondary N) is 1. The molecular formula is C26H27F7N2O7S. The number of halogens is 7. The Morgan fingerprint density at radius 3 is 2.33 bits per heavy atom. The molecule has 238 valence electrons. The van der Waals surface area contributed by atoms with Gasteiger partial charge in [0.1, 0.15) is 17.7 Å². The summed E-state index contributed by atoms with van der Waals surface area (Å²) in [5.41, 5.74) is -5.28. The van der Waals surface area contributed by atoms with Gasteiger partial charge in [0.2, 0.25) is 5.60 Å². The lowest BCUT2D eigenvalue weighted by Gasteiger charge is -2.36. The maximum Gasteiger partial charge on any atom is 0.427 e. The predicted octanol–water partition coefficient (Wildman–Crippen LogP) is 6.28. The molecule has 0 aromatic heterocycles. The average Bonchev–Trinajstić information content (AvgIpc) is 2.86. The molecule has 0 saturated heterocycles. The molecule has 1 heterocycles. The van der Waals surface area contributed by atoms with Crippen LogP contribution in [0.4, 0.5) is 46.9 Å². The van der Waals surface area contributed by atoms with E-state index in [2.05, 4.69) is 4.74 Å². The van der Waals surface area contributed by atoms with E-state index in [4.69, 9.17) is 9.47 Å². The van der Waals surface area contributed by atoms with Crippen LogP contribution in [0.5, 0.6) is 5.75 Å². The van der Waals surface area contributed by atoms with Crippen LogP contribution in [0.2, 0.25) is 0 Å². The lowest BCUT2D eigenvalue weighted by molar-refractivity contribution is -0.242. The number of carbonyl (C=O) groups is 2. The first-order valence-corrected chi connectivity index (χ1v) is 14.0. The monoisotopic (exact) mass is 644 g/mol. The lowest BCUT2D eigenvalue weighted by atomic mass is 10.0. The van der Waals surface area contributed by atoms with Crippen LogP contribution < -0.4 is 14.4 Å². The second-order valence-corrected chi connectivity index (χ2v) is 11.9. The number of fused-ring (bicyclic) bond motifs is 1. The molecule has 0 spiro atoms. The van der Waals surface area contributed by atoms with Crippen LogP contribution >= 0.6 is 0 Å². The van der Waals surface area contributed by atoms with E-state index in [0.717, 1.165) is 18.2 Å². The molecule has 0 saturated carbocycles. The summed E-state index contributed by atoms with van der Waals surface area (Å²) in [5, 5.41) is 2.04. The summed E-state index contributed by atoms with van der Waals surface area (Å²) >= 11 is 0. The van der Waals surface area contributed by atoms with Crippen molar-refractivity contribution in [3.63, 3.8) is 0 Å². The van der Waals surface area contributed by atoms with Crippen LogP contribution in [-0.2, 0) is 30.5 Å². The summed E-state index contributed by atoms with van der Waals surface area (Å²) in [6.45, 7) is 3.81. The Balaban J connectivity index is 2.04. The first-order chi connectivity index (χ1) is 19.7. The van der Waals surface area contributed by atoms with E-state index < -0.39 is 74.9 Å². The van der Waals surface area contributed by atoms with Crippen LogP contribution in [0.15, 0.2) is 41.3 Å². The number of amides is 1. The molecule has 9 nitrogen and oxygen atoms in total. The first kappa shape index (κ1) is 33.7. The normalized spacial score (nSPS) is 16.5. The van der Waals surface area contributed by atoms with Gasteiger partial charge in [-0.25, -0.2) is 17.6 Å². The van der Waals surface area contributed by atoms with Crippen molar-refractivity contribution in [2.75, 3.05) is 22.8 Å². The van der Waals surface area contributed by atoms with Gasteiger partial charge < -0.3 is 14.2 Å². The van der Waals surface area contributed by atoms with Gasteiger partial charge in [0.25, 0.3) is 10.0 Å². The minimum Gasteiger partial charge on any atom is -0.486 e. The number of esters is 1. The van der Waals surface area contributed by atoms with E-state index in [0.29, 0.717) is 30.3 Å². The van der Waals surface area contributed by atoms with Gasteiger partial charge >= 0.3 is 24.4 Å². The van der Waals surface area contributed by atoms with Gasteiger partial charge in [-0.1, -0.05) is 6.92 Å². The number of rotatable bonds is 8. The fourth-order valence-corrected chi connectivity index (χ4v) is 5.48. The highest BCUT2D eigenvalue weighted by Gasteiger charge is 2.51. The maximum atomic E-state index is 13.9. The molecule has 0 aliphatic carbocycles. The second-order valence-electron chi connectivity index (χ2n) is 10.0. The molecule has 43 heavy (non-hydrogen) atoms. The molecule has 1 aliphatic heterocycles.